The fraction of sp³-hybridized carbons (Fsp3) is 0.375. The van der Waals surface area contributed by atoms with Gasteiger partial charge in [0, 0.05) is 11.8 Å². The molecule has 0 rings (SSSR count). The minimum absolute atomic E-state index is 0.00120. The number of nitro groups is 1. The van der Waals surface area contributed by atoms with E-state index in [9.17, 15) is 10.1 Å². The molecule has 0 unspecified atom stereocenters. The Hall–Kier alpha value is -1.45. The van der Waals surface area contributed by atoms with Gasteiger partial charge in [0.1, 0.15) is 6.20 Å². The Labute approximate surface area is 71.5 Å². The van der Waals surface area contributed by atoms with Crippen LogP contribution in [0.3, 0.4) is 0 Å². The molecular formula is C8H12N2O2. The molecule has 4 nitrogen and oxygen atoms in total. The number of nitrogens with zero attached hydrogens (tertiary/aromatic N) is 2. The molecule has 12 heavy (non-hydrogen) atoms. The molecular weight excluding hydrogens is 156 g/mol. The van der Waals surface area contributed by atoms with Crippen LogP contribution in [0.5, 0.6) is 0 Å². The summed E-state index contributed by atoms with van der Waals surface area (Å²) in [5, 5.41) is 10.3. The summed E-state index contributed by atoms with van der Waals surface area (Å²) < 4.78 is 0. The van der Waals surface area contributed by atoms with Crippen molar-refractivity contribution < 1.29 is 4.92 Å². The molecule has 0 spiro atoms. The van der Waals surface area contributed by atoms with Crippen molar-refractivity contribution in [1.29, 1.82) is 0 Å². The second-order valence-electron chi connectivity index (χ2n) is 2.39. The van der Waals surface area contributed by atoms with E-state index in [1.807, 2.05) is 0 Å². The maximum absolute atomic E-state index is 10.3. The fourth-order valence-electron chi connectivity index (χ4n) is 0.517. The molecule has 0 aromatic heterocycles. The van der Waals surface area contributed by atoms with E-state index in [-0.39, 0.29) is 5.70 Å². The summed E-state index contributed by atoms with van der Waals surface area (Å²) in [5.74, 6) is 0. The number of hydrogen-bond donors (Lipinski definition) is 0. The Morgan fingerprint density at radius 1 is 1.50 bits per heavy atom. The highest BCUT2D eigenvalue weighted by molar-refractivity contribution is 5.79. The van der Waals surface area contributed by atoms with Gasteiger partial charge >= 0.3 is 0 Å². The predicted octanol–water partition coefficient (Wildman–Crippen LogP) is 2.16. The minimum Gasteiger partial charge on any atom is -0.259 e. The minimum atomic E-state index is -0.466. The third-order valence-corrected chi connectivity index (χ3v) is 1.00. The highest BCUT2D eigenvalue weighted by atomic mass is 16.6. The molecule has 0 heterocycles. The van der Waals surface area contributed by atoms with E-state index in [1.54, 1.807) is 26.8 Å². The van der Waals surface area contributed by atoms with Crippen LogP contribution in [0.4, 0.5) is 0 Å². The Morgan fingerprint density at radius 2 is 2.08 bits per heavy atom. The average molecular weight is 168 g/mol. The summed E-state index contributed by atoms with van der Waals surface area (Å²) >= 11 is 0. The summed E-state index contributed by atoms with van der Waals surface area (Å²) in [7, 11) is 0. The van der Waals surface area contributed by atoms with E-state index in [2.05, 4.69) is 4.99 Å². The van der Waals surface area contributed by atoms with Gasteiger partial charge in [0.15, 0.2) is 0 Å². The highest BCUT2D eigenvalue weighted by Crippen LogP contribution is 1.98. The van der Waals surface area contributed by atoms with Crippen LogP contribution in [0.15, 0.2) is 29.0 Å². The molecule has 0 aromatic carbocycles. The number of hydrogen-bond acceptors (Lipinski definition) is 3. The van der Waals surface area contributed by atoms with E-state index >= 15 is 0 Å². The monoisotopic (exact) mass is 168 g/mol. The molecule has 0 amide bonds. The van der Waals surface area contributed by atoms with Crippen LogP contribution >= 0.6 is 0 Å². The molecule has 0 N–H and O–H groups in total. The van der Waals surface area contributed by atoms with Crippen LogP contribution in [0.2, 0.25) is 0 Å². The summed E-state index contributed by atoms with van der Waals surface area (Å²) in [5.41, 5.74) is 0.789. The summed E-state index contributed by atoms with van der Waals surface area (Å²) in [6, 6.07) is 0. The lowest BCUT2D eigenvalue weighted by Crippen LogP contribution is -1.94. The number of allylic oxidation sites excluding steroid dienone is 2. The van der Waals surface area contributed by atoms with Crippen LogP contribution in [0.25, 0.3) is 0 Å². The van der Waals surface area contributed by atoms with Gasteiger partial charge in [-0.3, -0.25) is 15.1 Å². The van der Waals surface area contributed by atoms with Crippen LogP contribution in [0, 0.1) is 10.1 Å². The molecule has 4 heteroatoms. The summed E-state index contributed by atoms with van der Waals surface area (Å²) in [6.45, 7) is 5.29. The molecule has 0 bridgehead atoms. The lowest BCUT2D eigenvalue weighted by atomic mass is 10.4. The maximum atomic E-state index is 10.3. The van der Waals surface area contributed by atoms with Gasteiger partial charge in [-0.2, -0.15) is 0 Å². The first kappa shape index (κ1) is 10.6. The first-order valence-electron chi connectivity index (χ1n) is 3.56. The lowest BCUT2D eigenvalue weighted by Gasteiger charge is -1.88. The Bertz CT molecular complexity index is 248. The van der Waals surface area contributed by atoms with Crippen LogP contribution in [-0.2, 0) is 0 Å². The zero-order valence-electron chi connectivity index (χ0n) is 7.44. The third-order valence-electron chi connectivity index (χ3n) is 1.00. The van der Waals surface area contributed by atoms with Crippen molar-refractivity contribution in [3.8, 4) is 0 Å². The lowest BCUT2D eigenvalue weighted by molar-refractivity contribution is -0.419. The van der Waals surface area contributed by atoms with Gasteiger partial charge in [0.05, 0.1) is 4.92 Å². The SMILES string of the molecule is C/C=C\C(=C/N=C(C)C)[N+](=O)[O-]. The van der Waals surface area contributed by atoms with Crippen molar-refractivity contribution in [2.24, 2.45) is 4.99 Å². The Kier molecular flexibility index (Phi) is 4.60. The largest absolute Gasteiger partial charge is 0.287 e. The summed E-state index contributed by atoms with van der Waals surface area (Å²) in [6.07, 6.45) is 4.26. The van der Waals surface area contributed by atoms with E-state index in [1.165, 1.54) is 12.3 Å². The number of aliphatic imine (C=N–C) groups is 1. The molecule has 0 aliphatic carbocycles. The smallest absolute Gasteiger partial charge is 0.259 e. The molecule has 0 saturated heterocycles. The molecule has 0 aromatic rings. The third kappa shape index (κ3) is 4.38. The van der Waals surface area contributed by atoms with Gasteiger partial charge in [0.25, 0.3) is 5.70 Å². The van der Waals surface area contributed by atoms with Gasteiger partial charge in [0.2, 0.25) is 0 Å². The van der Waals surface area contributed by atoms with E-state index in [0.29, 0.717) is 0 Å². The molecule has 0 aliphatic heterocycles. The van der Waals surface area contributed by atoms with Gasteiger partial charge in [-0.25, -0.2) is 0 Å². The van der Waals surface area contributed by atoms with E-state index < -0.39 is 4.92 Å². The van der Waals surface area contributed by atoms with Crippen molar-refractivity contribution in [3.05, 3.63) is 34.2 Å². The zero-order valence-corrected chi connectivity index (χ0v) is 7.44. The quantitative estimate of drug-likeness (QED) is 0.280. The van der Waals surface area contributed by atoms with Crippen molar-refractivity contribution in [1.82, 2.24) is 0 Å². The Morgan fingerprint density at radius 3 is 2.42 bits per heavy atom. The predicted molar refractivity (Wildman–Crippen MR) is 48.7 cm³/mol. The molecule has 0 radical (unpaired) electrons. The van der Waals surface area contributed by atoms with Crippen molar-refractivity contribution in [3.63, 3.8) is 0 Å². The van der Waals surface area contributed by atoms with Crippen LogP contribution in [-0.4, -0.2) is 10.6 Å². The average Bonchev–Trinajstić information content (AvgIpc) is 1.96. The van der Waals surface area contributed by atoms with Gasteiger partial charge in [-0.05, 0) is 20.8 Å². The van der Waals surface area contributed by atoms with Gasteiger partial charge in [-0.15, -0.1) is 0 Å². The normalized spacial score (nSPS) is 11.8. The van der Waals surface area contributed by atoms with Crippen molar-refractivity contribution >= 4 is 5.71 Å². The van der Waals surface area contributed by atoms with E-state index in [0.717, 1.165) is 5.71 Å². The van der Waals surface area contributed by atoms with Gasteiger partial charge < -0.3 is 0 Å². The molecule has 0 aliphatic rings. The fourth-order valence-corrected chi connectivity index (χ4v) is 0.517. The van der Waals surface area contributed by atoms with Gasteiger partial charge in [-0.1, -0.05) is 6.08 Å². The standard InChI is InChI=1S/C8H12N2O2/c1-4-5-8(10(11)12)6-9-7(2)3/h4-6H,1-3H3/b5-4-,8-6+. The highest BCUT2D eigenvalue weighted by Gasteiger charge is 2.02. The van der Waals surface area contributed by atoms with Crippen LogP contribution in [0.1, 0.15) is 20.8 Å². The molecule has 66 valence electrons. The summed E-state index contributed by atoms with van der Waals surface area (Å²) in [4.78, 5) is 13.7. The topological polar surface area (TPSA) is 55.5 Å². The van der Waals surface area contributed by atoms with Crippen molar-refractivity contribution in [2.45, 2.75) is 20.8 Å². The zero-order chi connectivity index (χ0) is 9.56. The second kappa shape index (κ2) is 5.23. The van der Waals surface area contributed by atoms with E-state index in [4.69, 9.17) is 0 Å². The molecule has 0 fully saturated rings. The van der Waals surface area contributed by atoms with Crippen LogP contribution < -0.4 is 0 Å². The van der Waals surface area contributed by atoms with Crippen molar-refractivity contribution in [2.75, 3.05) is 0 Å². The second-order valence-corrected chi connectivity index (χ2v) is 2.39. The Balaban J connectivity index is 4.62. The molecule has 0 atom stereocenters. The first-order chi connectivity index (χ1) is 5.57. The number of rotatable bonds is 3. The first-order valence-corrected chi connectivity index (χ1v) is 3.56. The maximum Gasteiger partial charge on any atom is 0.287 e. The molecule has 0 saturated carbocycles.